The zero-order valence-corrected chi connectivity index (χ0v) is 12.3. The summed E-state index contributed by atoms with van der Waals surface area (Å²) >= 11 is 3.26. The van der Waals surface area contributed by atoms with Crippen LogP contribution in [-0.4, -0.2) is 16.1 Å². The minimum atomic E-state index is -1.12. The summed E-state index contributed by atoms with van der Waals surface area (Å²) in [5.74, 6) is -1.67. The molecular formula is C16H9BrFNO2. The molecule has 0 fully saturated rings. The van der Waals surface area contributed by atoms with Crippen LogP contribution in [0.4, 0.5) is 4.39 Å². The molecule has 3 nitrogen and oxygen atoms in total. The van der Waals surface area contributed by atoms with Crippen molar-refractivity contribution in [2.75, 3.05) is 0 Å². The van der Waals surface area contributed by atoms with Gasteiger partial charge in [0.2, 0.25) is 0 Å². The lowest BCUT2D eigenvalue weighted by Gasteiger charge is -2.09. The number of halogens is 2. The molecule has 0 amide bonds. The van der Waals surface area contributed by atoms with Crippen LogP contribution < -0.4 is 0 Å². The molecule has 0 bridgehead atoms. The molecule has 3 rings (SSSR count). The van der Waals surface area contributed by atoms with Gasteiger partial charge in [-0.1, -0.05) is 46.3 Å². The van der Waals surface area contributed by atoms with E-state index in [9.17, 15) is 14.3 Å². The molecule has 1 aromatic heterocycles. The molecule has 1 N–H and O–H groups in total. The van der Waals surface area contributed by atoms with Crippen molar-refractivity contribution in [3.8, 4) is 11.3 Å². The fraction of sp³-hybridized carbons (Fsp3) is 0. The van der Waals surface area contributed by atoms with Gasteiger partial charge in [0, 0.05) is 15.4 Å². The number of fused-ring (bicyclic) bond motifs is 1. The number of rotatable bonds is 2. The van der Waals surface area contributed by atoms with Crippen LogP contribution in [0.2, 0.25) is 0 Å². The van der Waals surface area contributed by atoms with Crippen LogP contribution in [0.15, 0.2) is 53.0 Å². The molecule has 0 aliphatic rings. The van der Waals surface area contributed by atoms with E-state index in [0.717, 1.165) is 5.56 Å². The fourth-order valence-corrected chi connectivity index (χ4v) is 2.73. The summed E-state index contributed by atoms with van der Waals surface area (Å²) in [6, 6.07) is 13.3. The van der Waals surface area contributed by atoms with Crippen LogP contribution in [-0.2, 0) is 0 Å². The Balaban J connectivity index is 2.41. The lowest BCUT2D eigenvalue weighted by Crippen LogP contribution is -2.02. The van der Waals surface area contributed by atoms with Crippen LogP contribution >= 0.6 is 15.9 Å². The maximum Gasteiger partial charge on any atom is 0.336 e. The summed E-state index contributed by atoms with van der Waals surface area (Å²) < 4.78 is 14.5. The van der Waals surface area contributed by atoms with E-state index in [1.807, 2.05) is 18.2 Å². The van der Waals surface area contributed by atoms with Crippen molar-refractivity contribution in [1.29, 1.82) is 0 Å². The van der Waals surface area contributed by atoms with Crippen molar-refractivity contribution in [2.24, 2.45) is 0 Å². The first-order valence-corrected chi connectivity index (χ1v) is 6.94. The molecule has 0 aliphatic carbocycles. The van der Waals surface area contributed by atoms with Gasteiger partial charge in [-0.2, -0.15) is 0 Å². The van der Waals surface area contributed by atoms with E-state index in [1.165, 1.54) is 18.2 Å². The zero-order chi connectivity index (χ0) is 15.0. The predicted molar refractivity (Wildman–Crippen MR) is 81.8 cm³/mol. The van der Waals surface area contributed by atoms with E-state index in [2.05, 4.69) is 20.9 Å². The van der Waals surface area contributed by atoms with Crippen LogP contribution in [0.3, 0.4) is 0 Å². The zero-order valence-electron chi connectivity index (χ0n) is 10.7. The first kappa shape index (κ1) is 13.7. The summed E-state index contributed by atoms with van der Waals surface area (Å²) in [6.07, 6.45) is 0. The normalized spacial score (nSPS) is 10.8. The van der Waals surface area contributed by atoms with Gasteiger partial charge in [0.15, 0.2) is 0 Å². The maximum atomic E-state index is 14.0. The average Bonchev–Trinajstić information content (AvgIpc) is 2.51. The molecule has 0 spiro atoms. The number of aromatic nitrogens is 1. The standard InChI is InChI=1S/C16H9BrFNO2/c17-11-6-7-12(18)15-14(11)10(16(20)21)8-13(19-15)9-4-2-1-3-5-9/h1-8H,(H,20,21). The minimum Gasteiger partial charge on any atom is -0.478 e. The van der Waals surface area contributed by atoms with Gasteiger partial charge in [-0.3, -0.25) is 0 Å². The summed E-state index contributed by atoms with van der Waals surface area (Å²) in [4.78, 5) is 15.8. The molecule has 21 heavy (non-hydrogen) atoms. The van der Waals surface area contributed by atoms with Gasteiger partial charge in [-0.25, -0.2) is 14.2 Å². The number of carbonyl (C=O) groups is 1. The molecule has 0 atom stereocenters. The van der Waals surface area contributed by atoms with Gasteiger partial charge in [0.1, 0.15) is 11.3 Å². The number of nitrogens with zero attached hydrogens (tertiary/aromatic N) is 1. The predicted octanol–water partition coefficient (Wildman–Crippen LogP) is 4.50. The van der Waals surface area contributed by atoms with Gasteiger partial charge >= 0.3 is 5.97 Å². The Morgan fingerprint density at radius 2 is 1.86 bits per heavy atom. The monoisotopic (exact) mass is 345 g/mol. The van der Waals surface area contributed by atoms with Gasteiger partial charge in [-0.15, -0.1) is 0 Å². The molecule has 5 heteroatoms. The summed E-state index contributed by atoms with van der Waals surface area (Å²) in [6.45, 7) is 0. The number of pyridine rings is 1. The highest BCUT2D eigenvalue weighted by atomic mass is 79.9. The summed E-state index contributed by atoms with van der Waals surface area (Å²) in [5, 5.41) is 9.66. The quantitative estimate of drug-likeness (QED) is 0.743. The van der Waals surface area contributed by atoms with Gasteiger partial charge < -0.3 is 5.11 Å². The van der Waals surface area contributed by atoms with Crippen molar-refractivity contribution in [1.82, 2.24) is 4.98 Å². The number of carboxylic acids is 1. The largest absolute Gasteiger partial charge is 0.478 e. The molecular weight excluding hydrogens is 337 g/mol. The van der Waals surface area contributed by atoms with Crippen LogP contribution in [0.25, 0.3) is 22.2 Å². The molecule has 0 saturated carbocycles. The van der Waals surface area contributed by atoms with E-state index in [1.54, 1.807) is 12.1 Å². The first-order valence-electron chi connectivity index (χ1n) is 6.15. The third-order valence-corrected chi connectivity index (χ3v) is 3.82. The Morgan fingerprint density at radius 1 is 1.14 bits per heavy atom. The number of hydrogen-bond donors (Lipinski definition) is 1. The number of hydrogen-bond acceptors (Lipinski definition) is 2. The SMILES string of the molecule is O=C(O)c1cc(-c2ccccc2)nc2c(F)ccc(Br)c12. The Morgan fingerprint density at radius 3 is 2.52 bits per heavy atom. The number of carboxylic acid groups (broad SMARTS) is 1. The second-order valence-electron chi connectivity index (χ2n) is 4.48. The third kappa shape index (κ3) is 2.40. The van der Waals surface area contributed by atoms with Gasteiger partial charge in [-0.05, 0) is 18.2 Å². The molecule has 104 valence electrons. The maximum absolute atomic E-state index is 14.0. The van der Waals surface area contributed by atoms with Crippen LogP contribution in [0, 0.1) is 5.82 Å². The molecule has 2 aromatic carbocycles. The first-order chi connectivity index (χ1) is 10.1. The fourth-order valence-electron chi connectivity index (χ4n) is 2.19. The Kier molecular flexibility index (Phi) is 3.43. The van der Waals surface area contributed by atoms with Gasteiger partial charge in [0.05, 0.1) is 11.3 Å². The topological polar surface area (TPSA) is 50.2 Å². The number of benzene rings is 2. The molecule has 0 radical (unpaired) electrons. The minimum absolute atomic E-state index is 0.0187. The lowest BCUT2D eigenvalue weighted by atomic mass is 10.0. The van der Waals surface area contributed by atoms with E-state index in [0.29, 0.717) is 10.2 Å². The highest BCUT2D eigenvalue weighted by Crippen LogP contribution is 2.31. The highest BCUT2D eigenvalue weighted by molar-refractivity contribution is 9.10. The lowest BCUT2D eigenvalue weighted by molar-refractivity contribution is 0.0699. The Labute approximate surface area is 128 Å². The highest BCUT2D eigenvalue weighted by Gasteiger charge is 2.17. The summed E-state index contributed by atoms with van der Waals surface area (Å²) in [5.41, 5.74) is 1.23. The van der Waals surface area contributed by atoms with Gasteiger partial charge in [0.25, 0.3) is 0 Å². The average molecular weight is 346 g/mol. The molecule has 0 saturated heterocycles. The van der Waals surface area contributed by atoms with Crippen LogP contribution in [0.1, 0.15) is 10.4 Å². The van der Waals surface area contributed by atoms with Crippen molar-refractivity contribution in [2.45, 2.75) is 0 Å². The van der Waals surface area contributed by atoms with Crippen molar-refractivity contribution < 1.29 is 14.3 Å². The van der Waals surface area contributed by atoms with Crippen LogP contribution in [0.5, 0.6) is 0 Å². The third-order valence-electron chi connectivity index (χ3n) is 3.16. The van der Waals surface area contributed by atoms with E-state index < -0.39 is 11.8 Å². The number of aromatic carboxylic acids is 1. The van der Waals surface area contributed by atoms with Crippen molar-refractivity contribution in [3.63, 3.8) is 0 Å². The molecule has 3 aromatic rings. The smallest absolute Gasteiger partial charge is 0.336 e. The van der Waals surface area contributed by atoms with Crippen molar-refractivity contribution >= 4 is 32.8 Å². The molecule has 1 heterocycles. The molecule has 0 aliphatic heterocycles. The second-order valence-corrected chi connectivity index (χ2v) is 5.33. The Bertz CT molecular complexity index is 850. The molecule has 0 unspecified atom stereocenters. The summed E-state index contributed by atoms with van der Waals surface area (Å²) in [7, 11) is 0. The van der Waals surface area contributed by atoms with E-state index >= 15 is 0 Å². The van der Waals surface area contributed by atoms with Crippen molar-refractivity contribution in [3.05, 3.63) is 64.4 Å². The second kappa shape index (κ2) is 5.26. The van der Waals surface area contributed by atoms with E-state index in [-0.39, 0.29) is 16.5 Å². The van der Waals surface area contributed by atoms with E-state index in [4.69, 9.17) is 0 Å². The Hall–Kier alpha value is -2.27.